The quantitative estimate of drug-likeness (QED) is 0.300. The Morgan fingerprint density at radius 3 is 2.57 bits per heavy atom. The Morgan fingerprint density at radius 1 is 0.946 bits per heavy atom. The molecule has 0 fully saturated rings. The van der Waals surface area contributed by atoms with Gasteiger partial charge in [0.25, 0.3) is 11.5 Å². The normalized spacial score (nSPS) is 11.1. The second kappa shape index (κ2) is 9.25. The molecule has 4 heterocycles. The Hall–Kier alpha value is -4.95. The van der Waals surface area contributed by atoms with Gasteiger partial charge >= 0.3 is 0 Å². The number of fused-ring (bicyclic) bond motifs is 2. The van der Waals surface area contributed by atoms with Crippen LogP contribution in [0, 0.1) is 0 Å². The van der Waals surface area contributed by atoms with E-state index >= 15 is 0 Å². The minimum atomic E-state index is -0.532. The first-order valence-corrected chi connectivity index (χ1v) is 11.7. The van der Waals surface area contributed by atoms with Crippen LogP contribution in [0.1, 0.15) is 10.4 Å². The summed E-state index contributed by atoms with van der Waals surface area (Å²) in [7, 11) is 0. The van der Waals surface area contributed by atoms with Crippen LogP contribution >= 0.6 is 11.6 Å². The Balaban J connectivity index is 1.29. The van der Waals surface area contributed by atoms with Crippen LogP contribution in [0.25, 0.3) is 27.8 Å². The molecule has 0 saturated heterocycles. The van der Waals surface area contributed by atoms with Crippen LogP contribution in [0.2, 0.25) is 5.02 Å². The van der Waals surface area contributed by atoms with Gasteiger partial charge in [0.1, 0.15) is 28.4 Å². The number of hydrogen-bond acceptors (Lipinski definition) is 5. The predicted molar refractivity (Wildman–Crippen MR) is 143 cm³/mol. The van der Waals surface area contributed by atoms with Gasteiger partial charge in [0.05, 0.1) is 11.1 Å². The van der Waals surface area contributed by atoms with Crippen LogP contribution < -0.4 is 15.6 Å². The lowest BCUT2D eigenvalue weighted by Crippen LogP contribution is -2.29. The van der Waals surface area contributed by atoms with Crippen molar-refractivity contribution in [3.63, 3.8) is 0 Å². The molecule has 8 nitrogen and oxygen atoms in total. The molecule has 0 aliphatic heterocycles. The Bertz CT molecular complexity index is 1830. The number of carbonyl (C=O) groups is 1. The Morgan fingerprint density at radius 2 is 1.76 bits per heavy atom. The molecule has 2 aromatic carbocycles. The number of ether oxygens (including phenoxy) is 1. The number of halogens is 1. The van der Waals surface area contributed by atoms with Crippen LogP contribution in [0.15, 0.2) is 102 Å². The molecule has 9 heteroatoms. The summed E-state index contributed by atoms with van der Waals surface area (Å²) < 4.78 is 7.40. The largest absolute Gasteiger partial charge is 0.457 e. The first-order chi connectivity index (χ1) is 18.1. The summed E-state index contributed by atoms with van der Waals surface area (Å²) in [6.45, 7) is 0. The lowest BCUT2D eigenvalue weighted by atomic mass is 10.1. The highest BCUT2D eigenvalue weighted by molar-refractivity contribution is 6.30. The van der Waals surface area contributed by atoms with E-state index < -0.39 is 11.5 Å². The first-order valence-electron chi connectivity index (χ1n) is 11.3. The van der Waals surface area contributed by atoms with E-state index in [1.165, 1.54) is 4.57 Å². The molecule has 0 radical (unpaired) electrons. The number of amides is 1. The number of carbonyl (C=O) groups excluding carboxylic acids is 1. The highest BCUT2D eigenvalue weighted by Crippen LogP contribution is 2.29. The Kier molecular flexibility index (Phi) is 5.63. The number of hydrogen-bond donors (Lipinski definition) is 2. The van der Waals surface area contributed by atoms with Gasteiger partial charge in [-0.25, -0.2) is 9.97 Å². The molecule has 0 aliphatic rings. The molecule has 37 heavy (non-hydrogen) atoms. The molecule has 0 saturated carbocycles. The zero-order valence-corrected chi connectivity index (χ0v) is 19.9. The summed E-state index contributed by atoms with van der Waals surface area (Å²) in [6.07, 6.45) is 5.07. The van der Waals surface area contributed by atoms with Crippen molar-refractivity contribution >= 4 is 45.3 Å². The van der Waals surface area contributed by atoms with Gasteiger partial charge in [-0.3, -0.25) is 14.2 Å². The summed E-state index contributed by atoms with van der Waals surface area (Å²) in [5, 5.41) is 4.86. The summed E-state index contributed by atoms with van der Waals surface area (Å²) in [4.78, 5) is 38.3. The lowest BCUT2D eigenvalue weighted by molar-refractivity contribution is 0.102. The molecular formula is C28H18ClN5O3. The van der Waals surface area contributed by atoms with Gasteiger partial charge in [0.2, 0.25) is 0 Å². The highest BCUT2D eigenvalue weighted by Gasteiger charge is 2.18. The van der Waals surface area contributed by atoms with Crippen LogP contribution in [-0.4, -0.2) is 25.4 Å². The second-order valence-corrected chi connectivity index (χ2v) is 8.66. The van der Waals surface area contributed by atoms with Gasteiger partial charge in [0, 0.05) is 34.7 Å². The predicted octanol–water partition coefficient (Wildman–Crippen LogP) is 5.96. The smallest absolute Gasteiger partial charge is 0.269 e. The van der Waals surface area contributed by atoms with E-state index in [2.05, 4.69) is 20.3 Å². The maximum Gasteiger partial charge on any atom is 0.269 e. The molecule has 0 spiro atoms. The van der Waals surface area contributed by atoms with Crippen molar-refractivity contribution in [3.05, 3.63) is 118 Å². The fourth-order valence-corrected chi connectivity index (χ4v) is 4.22. The third kappa shape index (κ3) is 4.30. The molecule has 2 N–H and O–H groups in total. The van der Waals surface area contributed by atoms with E-state index in [-0.39, 0.29) is 5.56 Å². The zero-order chi connectivity index (χ0) is 25.4. The van der Waals surface area contributed by atoms with Gasteiger partial charge in [-0.15, -0.1) is 0 Å². The van der Waals surface area contributed by atoms with Crippen molar-refractivity contribution in [2.24, 2.45) is 0 Å². The topological polar surface area (TPSA) is 102 Å². The molecule has 0 unspecified atom stereocenters. The van der Waals surface area contributed by atoms with Crippen molar-refractivity contribution in [2.45, 2.75) is 0 Å². The summed E-state index contributed by atoms with van der Waals surface area (Å²) >= 11 is 6.03. The van der Waals surface area contributed by atoms with Crippen LogP contribution in [-0.2, 0) is 0 Å². The number of nitrogens with zero attached hydrogens (tertiary/aromatic N) is 3. The number of rotatable bonds is 5. The molecular weight excluding hydrogens is 490 g/mol. The molecule has 0 bridgehead atoms. The fraction of sp³-hybridized carbons (Fsp3) is 0. The zero-order valence-electron chi connectivity index (χ0n) is 19.2. The van der Waals surface area contributed by atoms with E-state index in [1.54, 1.807) is 91.4 Å². The van der Waals surface area contributed by atoms with Crippen LogP contribution in [0.4, 0.5) is 5.69 Å². The molecule has 4 aromatic heterocycles. The third-order valence-electron chi connectivity index (χ3n) is 5.85. The van der Waals surface area contributed by atoms with Gasteiger partial charge in [0.15, 0.2) is 0 Å². The molecule has 1 amide bonds. The van der Waals surface area contributed by atoms with Crippen LogP contribution in [0.3, 0.4) is 0 Å². The number of anilines is 1. The van der Waals surface area contributed by atoms with Crippen molar-refractivity contribution in [1.29, 1.82) is 0 Å². The number of pyridine rings is 3. The van der Waals surface area contributed by atoms with Gasteiger partial charge in [-0.05, 0) is 78.9 Å². The maximum atomic E-state index is 13.4. The lowest BCUT2D eigenvalue weighted by Gasteiger charge is -2.13. The van der Waals surface area contributed by atoms with E-state index in [0.717, 1.165) is 11.0 Å². The summed E-state index contributed by atoms with van der Waals surface area (Å²) in [5.74, 6) is 0.722. The summed E-state index contributed by atoms with van der Waals surface area (Å²) in [5.41, 5.74) is 1.75. The van der Waals surface area contributed by atoms with Crippen LogP contribution in [0.5, 0.6) is 11.5 Å². The van der Waals surface area contributed by atoms with Gasteiger partial charge in [-0.2, -0.15) is 0 Å². The molecule has 6 rings (SSSR count). The van der Waals surface area contributed by atoms with Crippen molar-refractivity contribution in [3.8, 4) is 17.2 Å². The van der Waals surface area contributed by atoms with Gasteiger partial charge in [-0.1, -0.05) is 11.6 Å². The average molecular weight is 508 g/mol. The molecule has 180 valence electrons. The van der Waals surface area contributed by atoms with Gasteiger partial charge < -0.3 is 15.0 Å². The molecule has 0 aliphatic carbocycles. The minimum absolute atomic E-state index is 0.0117. The standard InChI is InChI=1S/C28H18ClN5O3/c29-18-3-7-20(8-4-18)34-26-17(2-1-13-32-26)16-23(28(34)36)27(35)33-19-5-9-21(10-6-19)37-24-12-15-31-25-22(24)11-14-30-25/h1-16H,(H,30,31)(H,33,35). The first kappa shape index (κ1) is 22.5. The molecule has 0 atom stereocenters. The summed E-state index contributed by atoms with van der Waals surface area (Å²) in [6, 6.07) is 22.5. The second-order valence-electron chi connectivity index (χ2n) is 8.22. The number of H-pyrrole nitrogens is 1. The van der Waals surface area contributed by atoms with Crippen molar-refractivity contribution < 1.29 is 9.53 Å². The van der Waals surface area contributed by atoms with E-state index in [4.69, 9.17) is 16.3 Å². The number of aromatic nitrogens is 4. The number of benzene rings is 2. The monoisotopic (exact) mass is 507 g/mol. The number of nitrogens with one attached hydrogen (secondary N) is 2. The van der Waals surface area contributed by atoms with E-state index in [9.17, 15) is 9.59 Å². The van der Waals surface area contributed by atoms with Crippen molar-refractivity contribution in [1.82, 2.24) is 19.5 Å². The molecule has 6 aromatic rings. The average Bonchev–Trinajstić information content (AvgIpc) is 3.40. The Labute approximate surface area is 215 Å². The van der Waals surface area contributed by atoms with E-state index in [1.807, 2.05) is 6.07 Å². The SMILES string of the molecule is O=C(Nc1ccc(Oc2ccnc3[nH]ccc23)cc1)c1cc2cccnc2n(-c2ccc(Cl)cc2)c1=O. The maximum absolute atomic E-state index is 13.4. The fourth-order valence-electron chi connectivity index (χ4n) is 4.09. The van der Waals surface area contributed by atoms with Crippen molar-refractivity contribution in [2.75, 3.05) is 5.32 Å². The minimum Gasteiger partial charge on any atom is -0.457 e. The highest BCUT2D eigenvalue weighted by atomic mass is 35.5. The number of aromatic amines is 1. The van der Waals surface area contributed by atoms with E-state index in [0.29, 0.717) is 38.9 Å². The third-order valence-corrected chi connectivity index (χ3v) is 6.10.